The first-order valence-electron chi connectivity index (χ1n) is 11.6. The molecule has 3 atom stereocenters. The number of benzene rings is 2. The monoisotopic (exact) mass is 521 g/mol. The summed E-state index contributed by atoms with van der Waals surface area (Å²) in [5.41, 5.74) is 1.72. The van der Waals surface area contributed by atoms with Gasteiger partial charge in [-0.1, -0.05) is 30.3 Å². The van der Waals surface area contributed by atoms with Crippen molar-refractivity contribution >= 4 is 45.5 Å². The second-order valence-electron chi connectivity index (χ2n) is 8.71. The van der Waals surface area contributed by atoms with Crippen LogP contribution < -0.4 is 9.96 Å². The maximum atomic E-state index is 13.9. The third kappa shape index (κ3) is 3.96. The van der Waals surface area contributed by atoms with Crippen LogP contribution >= 0.6 is 11.3 Å². The lowest BCUT2D eigenvalue weighted by molar-refractivity contribution is -0.384. The largest absolute Gasteiger partial charge is 0.462 e. The first kappa shape index (κ1) is 24.6. The van der Waals surface area contributed by atoms with Crippen molar-refractivity contribution in [3.63, 3.8) is 0 Å². The molecule has 2 aliphatic heterocycles. The van der Waals surface area contributed by atoms with Gasteiger partial charge in [0.1, 0.15) is 10.9 Å². The Balaban J connectivity index is 1.61. The van der Waals surface area contributed by atoms with E-state index in [2.05, 4.69) is 0 Å². The Kier molecular flexibility index (Phi) is 6.26. The van der Waals surface area contributed by atoms with Gasteiger partial charge in [-0.15, -0.1) is 11.3 Å². The molecule has 190 valence electrons. The predicted octanol–water partition coefficient (Wildman–Crippen LogP) is 4.50. The van der Waals surface area contributed by atoms with E-state index >= 15 is 0 Å². The molecule has 2 fully saturated rings. The lowest BCUT2D eigenvalue weighted by atomic mass is 9.90. The molecule has 3 heterocycles. The first-order chi connectivity index (χ1) is 17.7. The summed E-state index contributed by atoms with van der Waals surface area (Å²) < 4.78 is 5.20. The number of esters is 1. The summed E-state index contributed by atoms with van der Waals surface area (Å²) in [6.07, 6.45) is -1.17. The number of fused-ring (bicyclic) bond motifs is 1. The van der Waals surface area contributed by atoms with E-state index in [0.717, 1.165) is 21.1 Å². The smallest absolute Gasteiger partial charge is 0.341 e. The standard InChI is InChI=1S/C26H23N3O7S/c1-4-35-26(32)19-14(2)15(3)37-25(19)27-23(30)20-21(16-9-8-12-18(13-16)29(33)34)28(36-22(20)24(27)31)17-10-6-5-7-11-17/h5-13,20-22H,4H2,1-3H3/t20-,21-,22-/m1/s1. The van der Waals surface area contributed by atoms with Crippen LogP contribution in [0.4, 0.5) is 16.4 Å². The van der Waals surface area contributed by atoms with Crippen LogP contribution in [0.25, 0.3) is 0 Å². The molecule has 2 aliphatic rings. The van der Waals surface area contributed by atoms with E-state index < -0.39 is 40.8 Å². The molecule has 0 unspecified atom stereocenters. The Hall–Kier alpha value is -4.09. The number of nitrogens with zero attached hydrogens (tertiary/aromatic N) is 3. The number of anilines is 2. The zero-order valence-electron chi connectivity index (χ0n) is 20.2. The number of aryl methyl sites for hydroxylation is 1. The third-order valence-electron chi connectivity index (χ3n) is 6.60. The van der Waals surface area contributed by atoms with Crippen LogP contribution in [0.2, 0.25) is 0 Å². The van der Waals surface area contributed by atoms with Crippen LogP contribution in [0, 0.1) is 29.9 Å². The van der Waals surface area contributed by atoms with Crippen LogP contribution in [-0.2, 0) is 19.2 Å². The number of imide groups is 1. The van der Waals surface area contributed by atoms with Crippen molar-refractivity contribution in [2.75, 3.05) is 16.6 Å². The summed E-state index contributed by atoms with van der Waals surface area (Å²) in [7, 11) is 0. The number of hydroxylamine groups is 1. The van der Waals surface area contributed by atoms with Gasteiger partial charge in [-0.2, -0.15) is 0 Å². The van der Waals surface area contributed by atoms with Crippen molar-refractivity contribution in [2.45, 2.75) is 32.9 Å². The zero-order valence-corrected chi connectivity index (χ0v) is 21.1. The number of nitro groups is 1. The molecule has 11 heteroatoms. The summed E-state index contributed by atoms with van der Waals surface area (Å²) in [6.45, 7) is 5.37. The van der Waals surface area contributed by atoms with E-state index in [1.165, 1.54) is 23.3 Å². The second-order valence-corrected chi connectivity index (χ2v) is 9.91. The Labute approximate surface area is 216 Å². The van der Waals surface area contributed by atoms with Crippen molar-refractivity contribution in [1.29, 1.82) is 0 Å². The van der Waals surface area contributed by atoms with E-state index in [-0.39, 0.29) is 22.9 Å². The molecular formula is C26H23N3O7S. The summed E-state index contributed by atoms with van der Waals surface area (Å²) in [4.78, 5) is 59.3. The van der Waals surface area contributed by atoms with Gasteiger partial charge in [-0.3, -0.25) is 24.5 Å². The average molecular weight is 522 g/mol. The molecule has 0 spiro atoms. The van der Waals surface area contributed by atoms with Crippen LogP contribution in [0.3, 0.4) is 0 Å². The number of hydrogen-bond donors (Lipinski definition) is 0. The highest BCUT2D eigenvalue weighted by atomic mass is 32.1. The summed E-state index contributed by atoms with van der Waals surface area (Å²) >= 11 is 1.16. The van der Waals surface area contributed by atoms with E-state index in [0.29, 0.717) is 16.8 Å². The van der Waals surface area contributed by atoms with Gasteiger partial charge in [0.05, 0.1) is 28.8 Å². The van der Waals surface area contributed by atoms with Gasteiger partial charge in [0.2, 0.25) is 5.91 Å². The maximum absolute atomic E-state index is 13.9. The van der Waals surface area contributed by atoms with E-state index in [1.807, 2.05) is 6.07 Å². The summed E-state index contributed by atoms with van der Waals surface area (Å²) in [5, 5.41) is 13.1. The van der Waals surface area contributed by atoms with E-state index in [9.17, 15) is 24.5 Å². The van der Waals surface area contributed by atoms with Crippen LogP contribution in [-0.4, -0.2) is 35.4 Å². The molecule has 0 N–H and O–H groups in total. The third-order valence-corrected chi connectivity index (χ3v) is 7.79. The van der Waals surface area contributed by atoms with Crippen LogP contribution in [0.15, 0.2) is 54.6 Å². The Bertz CT molecular complexity index is 1420. The van der Waals surface area contributed by atoms with Crippen molar-refractivity contribution in [2.24, 2.45) is 5.92 Å². The fourth-order valence-corrected chi connectivity index (χ4v) is 5.94. The van der Waals surface area contributed by atoms with Crippen LogP contribution in [0.5, 0.6) is 0 Å². The van der Waals surface area contributed by atoms with Gasteiger partial charge >= 0.3 is 5.97 Å². The number of ether oxygens (including phenoxy) is 1. The number of carbonyl (C=O) groups is 3. The van der Waals surface area contributed by atoms with Gasteiger partial charge in [0.25, 0.3) is 11.6 Å². The highest BCUT2D eigenvalue weighted by Gasteiger charge is 2.61. The van der Waals surface area contributed by atoms with Gasteiger partial charge in [-0.05, 0) is 44.0 Å². The van der Waals surface area contributed by atoms with Crippen LogP contribution in [0.1, 0.15) is 39.3 Å². The van der Waals surface area contributed by atoms with E-state index in [4.69, 9.17) is 9.57 Å². The highest BCUT2D eigenvalue weighted by Crippen LogP contribution is 2.49. The fraction of sp³-hybridized carbons (Fsp3) is 0.269. The van der Waals surface area contributed by atoms with Gasteiger partial charge in [0.15, 0.2) is 6.10 Å². The molecule has 5 rings (SSSR count). The molecule has 0 aliphatic carbocycles. The van der Waals surface area contributed by atoms with Crippen molar-refractivity contribution < 1.29 is 28.9 Å². The molecule has 10 nitrogen and oxygen atoms in total. The molecule has 37 heavy (non-hydrogen) atoms. The van der Waals surface area contributed by atoms with Crippen molar-refractivity contribution in [1.82, 2.24) is 0 Å². The molecule has 0 saturated carbocycles. The first-order valence-corrected chi connectivity index (χ1v) is 12.5. The Morgan fingerprint density at radius 1 is 1.11 bits per heavy atom. The molecule has 2 saturated heterocycles. The molecule has 2 amide bonds. The zero-order chi connectivity index (χ0) is 26.4. The minimum absolute atomic E-state index is 0.142. The summed E-state index contributed by atoms with van der Waals surface area (Å²) in [6, 6.07) is 14.1. The number of amides is 2. The van der Waals surface area contributed by atoms with Crippen molar-refractivity contribution in [3.05, 3.63) is 86.3 Å². The Morgan fingerprint density at radius 3 is 2.51 bits per heavy atom. The number of hydrogen-bond acceptors (Lipinski definition) is 9. The summed E-state index contributed by atoms with van der Waals surface area (Å²) in [5.74, 6) is -2.75. The lowest BCUT2D eigenvalue weighted by Crippen LogP contribution is -2.37. The molecule has 1 aromatic heterocycles. The number of carbonyl (C=O) groups excluding carboxylic acids is 3. The molecule has 3 aromatic rings. The number of thiophene rings is 1. The topological polar surface area (TPSA) is 119 Å². The number of rotatable bonds is 6. The van der Waals surface area contributed by atoms with Gasteiger partial charge < -0.3 is 4.74 Å². The number of non-ortho nitro benzene ring substituents is 1. The quantitative estimate of drug-likeness (QED) is 0.201. The Morgan fingerprint density at radius 2 is 1.84 bits per heavy atom. The number of para-hydroxylation sites is 1. The minimum Gasteiger partial charge on any atom is -0.462 e. The minimum atomic E-state index is -1.17. The van der Waals surface area contributed by atoms with E-state index in [1.54, 1.807) is 51.1 Å². The highest BCUT2D eigenvalue weighted by molar-refractivity contribution is 7.17. The second kappa shape index (κ2) is 9.41. The molecular weight excluding hydrogens is 498 g/mol. The lowest BCUT2D eigenvalue weighted by Gasteiger charge is -2.28. The predicted molar refractivity (Wildman–Crippen MR) is 135 cm³/mol. The molecule has 0 radical (unpaired) electrons. The molecule has 2 aromatic carbocycles. The maximum Gasteiger partial charge on any atom is 0.341 e. The fourth-order valence-electron chi connectivity index (χ4n) is 4.78. The van der Waals surface area contributed by atoms with Gasteiger partial charge in [-0.25, -0.2) is 14.8 Å². The van der Waals surface area contributed by atoms with Crippen molar-refractivity contribution in [3.8, 4) is 0 Å². The number of nitro benzene ring substituents is 1. The SMILES string of the molecule is CCOC(=O)c1c(N2C(=O)[C@@H]3[C@@H](c4cccc([N+](=O)[O-])c4)N(c4ccccc4)O[C@H]3C2=O)sc(C)c1C. The van der Waals surface area contributed by atoms with Gasteiger partial charge in [0, 0.05) is 17.0 Å². The normalized spacial score (nSPS) is 20.9. The molecule has 0 bridgehead atoms. The average Bonchev–Trinajstić information content (AvgIpc) is 3.50.